The van der Waals surface area contributed by atoms with Crippen LogP contribution in [0.1, 0.15) is 6.42 Å². The van der Waals surface area contributed by atoms with E-state index in [1.807, 2.05) is 0 Å². The fourth-order valence-electron chi connectivity index (χ4n) is 1.59. The molecule has 0 bridgehead atoms. The van der Waals surface area contributed by atoms with Crippen LogP contribution in [0.25, 0.3) is 0 Å². The third-order valence-electron chi connectivity index (χ3n) is 2.57. The van der Waals surface area contributed by atoms with Crippen LogP contribution in [0, 0.1) is 5.82 Å². The number of anilines is 1. The van der Waals surface area contributed by atoms with Crippen molar-refractivity contribution in [1.29, 1.82) is 0 Å². The molecule has 0 saturated carbocycles. The number of benzene rings is 2. The summed E-state index contributed by atoms with van der Waals surface area (Å²) in [4.78, 5) is 11.6. The van der Waals surface area contributed by atoms with E-state index in [0.717, 1.165) is 0 Å². The average Bonchev–Trinajstić information content (AvgIpc) is 2.43. The molecule has 0 aliphatic rings. The number of rotatable bonds is 5. The SMILES string of the molecule is O=C(CCOc1ccccc1Cl)Nc1ccccc1F. The molecule has 3 nitrogen and oxygen atoms in total. The lowest BCUT2D eigenvalue weighted by molar-refractivity contribution is -0.116. The van der Waals surface area contributed by atoms with E-state index in [-0.39, 0.29) is 24.6 Å². The van der Waals surface area contributed by atoms with Crippen molar-refractivity contribution < 1.29 is 13.9 Å². The highest BCUT2D eigenvalue weighted by atomic mass is 35.5. The van der Waals surface area contributed by atoms with E-state index >= 15 is 0 Å². The molecule has 0 fully saturated rings. The topological polar surface area (TPSA) is 38.3 Å². The number of hydrogen-bond acceptors (Lipinski definition) is 2. The number of nitrogens with one attached hydrogen (secondary N) is 1. The average molecular weight is 294 g/mol. The van der Waals surface area contributed by atoms with Crippen molar-refractivity contribution in [2.75, 3.05) is 11.9 Å². The van der Waals surface area contributed by atoms with Gasteiger partial charge in [0.05, 0.1) is 23.7 Å². The Morgan fingerprint density at radius 1 is 1.15 bits per heavy atom. The van der Waals surface area contributed by atoms with Crippen LogP contribution in [-0.2, 0) is 4.79 Å². The summed E-state index contributed by atoms with van der Waals surface area (Å²) in [5.74, 6) is -0.261. The first-order chi connectivity index (χ1) is 9.66. The molecule has 2 rings (SSSR count). The van der Waals surface area contributed by atoms with E-state index in [4.69, 9.17) is 16.3 Å². The number of halogens is 2. The summed E-state index contributed by atoms with van der Waals surface area (Å²) in [5.41, 5.74) is 0.162. The normalized spacial score (nSPS) is 10.1. The van der Waals surface area contributed by atoms with Gasteiger partial charge >= 0.3 is 0 Å². The molecule has 0 heterocycles. The van der Waals surface area contributed by atoms with Crippen LogP contribution in [0.15, 0.2) is 48.5 Å². The van der Waals surface area contributed by atoms with E-state index in [9.17, 15) is 9.18 Å². The zero-order chi connectivity index (χ0) is 14.4. The number of para-hydroxylation sites is 2. The van der Waals surface area contributed by atoms with Crippen LogP contribution in [0.2, 0.25) is 5.02 Å². The van der Waals surface area contributed by atoms with Gasteiger partial charge in [0.25, 0.3) is 0 Å². The minimum absolute atomic E-state index is 0.111. The van der Waals surface area contributed by atoms with Gasteiger partial charge in [0.1, 0.15) is 11.6 Å². The highest BCUT2D eigenvalue weighted by Gasteiger charge is 2.07. The van der Waals surface area contributed by atoms with Gasteiger partial charge < -0.3 is 10.1 Å². The Morgan fingerprint density at radius 3 is 2.60 bits per heavy atom. The predicted octanol–water partition coefficient (Wildman–Crippen LogP) is 3.89. The lowest BCUT2D eigenvalue weighted by atomic mass is 10.3. The molecule has 5 heteroatoms. The third-order valence-corrected chi connectivity index (χ3v) is 2.88. The minimum Gasteiger partial charge on any atom is -0.491 e. The molecular weight excluding hydrogens is 281 g/mol. The van der Waals surface area contributed by atoms with Crippen molar-refractivity contribution in [3.05, 3.63) is 59.4 Å². The van der Waals surface area contributed by atoms with E-state index in [2.05, 4.69) is 5.32 Å². The summed E-state index contributed by atoms with van der Waals surface area (Å²) >= 11 is 5.91. The highest BCUT2D eigenvalue weighted by molar-refractivity contribution is 6.32. The second-order valence-corrected chi connectivity index (χ2v) is 4.46. The molecular formula is C15H13ClFNO2. The van der Waals surface area contributed by atoms with Crippen molar-refractivity contribution in [3.63, 3.8) is 0 Å². The Morgan fingerprint density at radius 2 is 1.85 bits per heavy atom. The molecule has 0 radical (unpaired) electrons. The van der Waals surface area contributed by atoms with Crippen molar-refractivity contribution in [1.82, 2.24) is 0 Å². The Bertz CT molecular complexity index is 604. The maximum atomic E-state index is 13.3. The van der Waals surface area contributed by atoms with Crippen LogP contribution in [0.3, 0.4) is 0 Å². The minimum atomic E-state index is -0.465. The van der Waals surface area contributed by atoms with Crippen LogP contribution in [-0.4, -0.2) is 12.5 Å². The highest BCUT2D eigenvalue weighted by Crippen LogP contribution is 2.23. The Balaban J connectivity index is 1.82. The maximum absolute atomic E-state index is 13.3. The first kappa shape index (κ1) is 14.3. The van der Waals surface area contributed by atoms with Crippen molar-refractivity contribution >= 4 is 23.2 Å². The van der Waals surface area contributed by atoms with Crippen LogP contribution >= 0.6 is 11.6 Å². The number of amides is 1. The first-order valence-corrected chi connectivity index (χ1v) is 6.46. The van der Waals surface area contributed by atoms with Gasteiger partial charge in [0.15, 0.2) is 0 Å². The standard InChI is InChI=1S/C15H13ClFNO2/c16-11-5-1-4-8-14(11)20-10-9-15(19)18-13-7-3-2-6-12(13)17/h1-8H,9-10H2,(H,18,19). The molecule has 0 aromatic heterocycles. The molecule has 2 aromatic carbocycles. The molecule has 0 atom stereocenters. The van der Waals surface area contributed by atoms with Gasteiger partial charge in [-0.15, -0.1) is 0 Å². The number of carbonyl (C=O) groups is 1. The molecule has 2 aromatic rings. The number of carbonyl (C=O) groups excluding carboxylic acids is 1. The van der Waals surface area contributed by atoms with Gasteiger partial charge in [0.2, 0.25) is 5.91 Å². The number of hydrogen-bond donors (Lipinski definition) is 1. The van der Waals surface area contributed by atoms with Gasteiger partial charge in [-0.2, -0.15) is 0 Å². The summed E-state index contributed by atoms with van der Waals surface area (Å²) in [5, 5.41) is 2.97. The second kappa shape index (κ2) is 6.91. The van der Waals surface area contributed by atoms with Crippen LogP contribution in [0.4, 0.5) is 10.1 Å². The molecule has 0 aliphatic heterocycles. The van der Waals surface area contributed by atoms with Crippen molar-refractivity contribution in [2.24, 2.45) is 0 Å². The monoisotopic (exact) mass is 293 g/mol. The van der Waals surface area contributed by atoms with Crippen LogP contribution < -0.4 is 10.1 Å². The molecule has 0 aliphatic carbocycles. The van der Waals surface area contributed by atoms with Gasteiger partial charge in [-0.25, -0.2) is 4.39 Å². The summed E-state index contributed by atoms with van der Waals surface area (Å²) in [6, 6.07) is 13.0. The first-order valence-electron chi connectivity index (χ1n) is 6.08. The zero-order valence-corrected chi connectivity index (χ0v) is 11.4. The summed E-state index contributed by atoms with van der Waals surface area (Å²) < 4.78 is 18.7. The van der Waals surface area contributed by atoms with Gasteiger partial charge in [-0.1, -0.05) is 35.9 Å². The Labute approximate surface area is 121 Å². The zero-order valence-electron chi connectivity index (χ0n) is 10.6. The lowest BCUT2D eigenvalue weighted by Crippen LogP contribution is -2.16. The molecule has 1 amide bonds. The summed E-state index contributed by atoms with van der Waals surface area (Å²) in [6.45, 7) is 0.171. The summed E-state index contributed by atoms with van der Waals surface area (Å²) in [7, 11) is 0. The Hall–Kier alpha value is -2.07. The molecule has 104 valence electrons. The van der Waals surface area contributed by atoms with E-state index in [0.29, 0.717) is 10.8 Å². The fraction of sp³-hybridized carbons (Fsp3) is 0.133. The third kappa shape index (κ3) is 3.96. The van der Waals surface area contributed by atoms with Gasteiger partial charge in [-0.05, 0) is 24.3 Å². The molecule has 20 heavy (non-hydrogen) atoms. The van der Waals surface area contributed by atoms with E-state index < -0.39 is 5.82 Å². The van der Waals surface area contributed by atoms with Crippen molar-refractivity contribution in [3.8, 4) is 5.75 Å². The summed E-state index contributed by atoms with van der Waals surface area (Å²) in [6.07, 6.45) is 0.111. The largest absolute Gasteiger partial charge is 0.491 e. The van der Waals surface area contributed by atoms with E-state index in [1.165, 1.54) is 12.1 Å². The predicted molar refractivity (Wildman–Crippen MR) is 76.6 cm³/mol. The lowest BCUT2D eigenvalue weighted by Gasteiger charge is -2.08. The molecule has 1 N–H and O–H groups in total. The maximum Gasteiger partial charge on any atom is 0.227 e. The van der Waals surface area contributed by atoms with Gasteiger partial charge in [-0.3, -0.25) is 4.79 Å². The Kier molecular flexibility index (Phi) is 4.96. The molecule has 0 saturated heterocycles. The van der Waals surface area contributed by atoms with E-state index in [1.54, 1.807) is 36.4 Å². The fourth-order valence-corrected chi connectivity index (χ4v) is 1.78. The quantitative estimate of drug-likeness (QED) is 0.908. The molecule has 0 spiro atoms. The van der Waals surface area contributed by atoms with Crippen molar-refractivity contribution in [2.45, 2.75) is 6.42 Å². The second-order valence-electron chi connectivity index (χ2n) is 4.06. The van der Waals surface area contributed by atoms with Crippen LogP contribution in [0.5, 0.6) is 5.75 Å². The van der Waals surface area contributed by atoms with Gasteiger partial charge in [0, 0.05) is 0 Å². The smallest absolute Gasteiger partial charge is 0.227 e. The molecule has 0 unspecified atom stereocenters. The number of ether oxygens (including phenoxy) is 1.